The van der Waals surface area contributed by atoms with Crippen molar-refractivity contribution >= 4 is 35.2 Å². The monoisotopic (exact) mass is 360 g/mol. The molecular weight excluding hydrogens is 340 g/mol. The summed E-state index contributed by atoms with van der Waals surface area (Å²) < 4.78 is 5.28. The van der Waals surface area contributed by atoms with Crippen molar-refractivity contribution in [2.75, 3.05) is 23.8 Å². The van der Waals surface area contributed by atoms with Crippen LogP contribution in [0.2, 0.25) is 0 Å². The van der Waals surface area contributed by atoms with E-state index >= 15 is 0 Å². The Labute approximate surface area is 150 Å². The number of esters is 1. The number of carbonyl (C=O) groups is 3. The molecular formula is C18H20N2O4S. The lowest BCUT2D eigenvalue weighted by atomic mass is 10.2. The molecule has 0 aromatic heterocycles. The highest BCUT2D eigenvalue weighted by atomic mass is 32.2. The van der Waals surface area contributed by atoms with Gasteiger partial charge in [-0.05, 0) is 31.4 Å². The van der Waals surface area contributed by atoms with Crippen LogP contribution in [0.15, 0.2) is 24.3 Å². The fourth-order valence-electron chi connectivity index (χ4n) is 3.90. The molecule has 0 spiro atoms. The first-order valence-corrected chi connectivity index (χ1v) is 9.49. The Morgan fingerprint density at radius 1 is 1.32 bits per heavy atom. The zero-order valence-corrected chi connectivity index (χ0v) is 14.9. The summed E-state index contributed by atoms with van der Waals surface area (Å²) in [5.74, 6) is -0.178. The quantitative estimate of drug-likeness (QED) is 0.766. The summed E-state index contributed by atoms with van der Waals surface area (Å²) in [6, 6.07) is 7.18. The van der Waals surface area contributed by atoms with Crippen LogP contribution in [0.4, 0.5) is 5.69 Å². The summed E-state index contributed by atoms with van der Waals surface area (Å²) in [4.78, 5) is 40.0. The summed E-state index contributed by atoms with van der Waals surface area (Å²) in [5.41, 5.74) is 2.02. The summed E-state index contributed by atoms with van der Waals surface area (Å²) in [6.07, 6.45) is 2.04. The van der Waals surface area contributed by atoms with Crippen LogP contribution >= 0.6 is 11.8 Å². The van der Waals surface area contributed by atoms with Crippen molar-refractivity contribution in [2.45, 2.75) is 37.1 Å². The molecule has 1 aromatic carbocycles. The number of nitrogens with zero attached hydrogens (tertiary/aromatic N) is 2. The van der Waals surface area contributed by atoms with Gasteiger partial charge in [0.25, 0.3) is 5.91 Å². The van der Waals surface area contributed by atoms with Gasteiger partial charge in [-0.15, -0.1) is 11.8 Å². The first-order chi connectivity index (χ1) is 12.0. The van der Waals surface area contributed by atoms with Gasteiger partial charge in [-0.2, -0.15) is 0 Å². The fraction of sp³-hybridized carbons (Fsp3) is 0.500. The van der Waals surface area contributed by atoms with Crippen molar-refractivity contribution in [1.29, 1.82) is 0 Å². The van der Waals surface area contributed by atoms with Gasteiger partial charge in [0.2, 0.25) is 5.91 Å². The average Bonchev–Trinajstić information content (AvgIpc) is 3.26. The number of fused-ring (bicyclic) bond motifs is 2. The van der Waals surface area contributed by atoms with Crippen LogP contribution in [0.3, 0.4) is 0 Å². The van der Waals surface area contributed by atoms with Crippen LogP contribution in [0.5, 0.6) is 0 Å². The van der Waals surface area contributed by atoms with Gasteiger partial charge in [0.15, 0.2) is 6.61 Å². The highest BCUT2D eigenvalue weighted by Crippen LogP contribution is 2.47. The SMILES string of the molecule is C[C@]12CCC(=O)N1[C@@H](C(=O)OCC(=O)N1CCc3ccccc31)CS2. The highest BCUT2D eigenvalue weighted by Gasteiger charge is 2.53. The van der Waals surface area contributed by atoms with Crippen LogP contribution < -0.4 is 4.90 Å². The van der Waals surface area contributed by atoms with Crippen LogP contribution in [0, 0.1) is 0 Å². The smallest absolute Gasteiger partial charge is 0.330 e. The van der Waals surface area contributed by atoms with E-state index in [1.54, 1.807) is 21.6 Å². The van der Waals surface area contributed by atoms with Gasteiger partial charge < -0.3 is 14.5 Å². The van der Waals surface area contributed by atoms with Crippen LogP contribution in [-0.2, 0) is 25.5 Å². The second kappa shape index (κ2) is 6.05. The summed E-state index contributed by atoms with van der Waals surface area (Å²) in [7, 11) is 0. The Balaban J connectivity index is 1.38. The van der Waals surface area contributed by atoms with E-state index in [-0.39, 0.29) is 23.3 Å². The van der Waals surface area contributed by atoms with Gasteiger partial charge >= 0.3 is 5.97 Å². The molecule has 0 unspecified atom stereocenters. The maximum atomic E-state index is 12.4. The van der Waals surface area contributed by atoms with E-state index in [0.717, 1.165) is 24.1 Å². The van der Waals surface area contributed by atoms with Gasteiger partial charge in [0, 0.05) is 24.4 Å². The molecule has 3 aliphatic rings. The summed E-state index contributed by atoms with van der Waals surface area (Å²) in [5, 5.41) is 0. The van der Waals surface area contributed by atoms with E-state index < -0.39 is 12.0 Å². The predicted octanol–water partition coefficient (Wildman–Crippen LogP) is 1.57. The minimum absolute atomic E-state index is 0.00533. The topological polar surface area (TPSA) is 66.9 Å². The van der Waals surface area contributed by atoms with Crippen molar-refractivity contribution < 1.29 is 19.1 Å². The molecule has 0 N–H and O–H groups in total. The lowest BCUT2D eigenvalue weighted by Crippen LogP contribution is -2.47. The van der Waals surface area contributed by atoms with E-state index in [4.69, 9.17) is 4.74 Å². The minimum Gasteiger partial charge on any atom is -0.454 e. The third-order valence-corrected chi connectivity index (χ3v) is 6.75. The van der Waals surface area contributed by atoms with Gasteiger partial charge in [0.05, 0.1) is 4.87 Å². The second-order valence-electron chi connectivity index (χ2n) is 6.80. The van der Waals surface area contributed by atoms with Gasteiger partial charge in [-0.3, -0.25) is 9.59 Å². The molecule has 0 saturated carbocycles. The molecule has 2 fully saturated rings. The largest absolute Gasteiger partial charge is 0.454 e. The van der Waals surface area contributed by atoms with E-state index in [2.05, 4.69) is 0 Å². The molecule has 3 aliphatic heterocycles. The van der Waals surface area contributed by atoms with E-state index in [1.165, 1.54) is 0 Å². The second-order valence-corrected chi connectivity index (χ2v) is 8.30. The Bertz CT molecular complexity index is 752. The number of hydrogen-bond donors (Lipinski definition) is 0. The Morgan fingerprint density at radius 2 is 2.12 bits per heavy atom. The molecule has 1 aromatic rings. The molecule has 132 valence electrons. The Kier molecular flexibility index (Phi) is 3.98. The van der Waals surface area contributed by atoms with Crippen molar-refractivity contribution in [3.8, 4) is 0 Å². The van der Waals surface area contributed by atoms with Crippen molar-refractivity contribution in [1.82, 2.24) is 4.90 Å². The van der Waals surface area contributed by atoms with Crippen LogP contribution in [-0.4, -0.2) is 52.5 Å². The molecule has 4 rings (SSSR count). The lowest BCUT2D eigenvalue weighted by Gasteiger charge is -2.29. The number of thioether (sulfide) groups is 1. The molecule has 2 atom stereocenters. The van der Waals surface area contributed by atoms with Crippen LogP contribution in [0.1, 0.15) is 25.3 Å². The van der Waals surface area contributed by atoms with Crippen molar-refractivity contribution in [3.05, 3.63) is 29.8 Å². The number of amides is 2. The molecule has 2 amide bonds. The maximum Gasteiger partial charge on any atom is 0.330 e. The third kappa shape index (κ3) is 2.70. The van der Waals surface area contributed by atoms with Gasteiger partial charge in [-0.25, -0.2) is 4.79 Å². The van der Waals surface area contributed by atoms with Gasteiger partial charge in [0.1, 0.15) is 6.04 Å². The summed E-state index contributed by atoms with van der Waals surface area (Å²) in [6.45, 7) is 2.31. The summed E-state index contributed by atoms with van der Waals surface area (Å²) >= 11 is 1.61. The fourth-order valence-corrected chi connectivity index (χ4v) is 5.32. The normalized spacial score (nSPS) is 27.4. The van der Waals surface area contributed by atoms with Crippen molar-refractivity contribution in [3.63, 3.8) is 0 Å². The Morgan fingerprint density at radius 3 is 2.96 bits per heavy atom. The zero-order valence-electron chi connectivity index (χ0n) is 14.1. The molecule has 0 bridgehead atoms. The van der Waals surface area contributed by atoms with Crippen molar-refractivity contribution in [2.24, 2.45) is 0 Å². The first-order valence-electron chi connectivity index (χ1n) is 8.51. The molecule has 25 heavy (non-hydrogen) atoms. The number of hydrogen-bond acceptors (Lipinski definition) is 5. The molecule has 0 aliphatic carbocycles. The molecule has 3 heterocycles. The highest BCUT2D eigenvalue weighted by molar-refractivity contribution is 8.01. The number of rotatable bonds is 3. The number of ether oxygens (including phenoxy) is 1. The number of benzene rings is 1. The maximum absolute atomic E-state index is 12.4. The molecule has 0 radical (unpaired) electrons. The zero-order chi connectivity index (χ0) is 17.6. The molecule has 6 nitrogen and oxygen atoms in total. The molecule has 7 heteroatoms. The van der Waals surface area contributed by atoms with E-state index in [9.17, 15) is 14.4 Å². The van der Waals surface area contributed by atoms with Gasteiger partial charge in [-0.1, -0.05) is 18.2 Å². The van der Waals surface area contributed by atoms with E-state index in [0.29, 0.717) is 18.7 Å². The first kappa shape index (κ1) is 16.4. The average molecular weight is 360 g/mol. The predicted molar refractivity (Wildman–Crippen MR) is 94.2 cm³/mol. The minimum atomic E-state index is -0.580. The number of anilines is 1. The molecule has 2 saturated heterocycles. The lowest BCUT2D eigenvalue weighted by molar-refractivity contribution is -0.155. The number of carbonyl (C=O) groups excluding carboxylic acids is 3. The standard InChI is InChI=1S/C18H20N2O4S/c1-18-8-6-15(21)20(18)14(11-25-18)17(23)24-10-16(22)19-9-7-12-4-2-3-5-13(12)19/h2-5,14H,6-11H2,1H3/t14-,18+/m1/s1. The third-order valence-electron chi connectivity index (χ3n) is 5.24. The number of para-hydroxylation sites is 1. The Hall–Kier alpha value is -2.02. The van der Waals surface area contributed by atoms with Crippen LogP contribution in [0.25, 0.3) is 0 Å². The van der Waals surface area contributed by atoms with E-state index in [1.807, 2.05) is 31.2 Å².